The molecule has 7 nitrogen and oxygen atoms in total. The van der Waals surface area contributed by atoms with Gasteiger partial charge in [0.2, 0.25) is 0 Å². The molecule has 0 saturated heterocycles. The van der Waals surface area contributed by atoms with Gasteiger partial charge in [0.1, 0.15) is 17.6 Å². The molecule has 34 heavy (non-hydrogen) atoms. The number of imidazole rings is 1. The molecule has 3 heterocycles. The molecule has 6 rings (SSSR count). The quantitative estimate of drug-likeness (QED) is 0.373. The molecule has 0 atom stereocenters. The molecule has 0 N–H and O–H groups in total. The highest BCUT2D eigenvalue weighted by molar-refractivity contribution is 6.11. The number of ether oxygens (including phenoxy) is 1. The van der Waals surface area contributed by atoms with Crippen LogP contribution in [0, 0.1) is 0 Å². The van der Waals surface area contributed by atoms with Crippen molar-refractivity contribution < 1.29 is 14.3 Å². The molecule has 2 aromatic heterocycles. The largest absolute Gasteiger partial charge is 0.494 e. The summed E-state index contributed by atoms with van der Waals surface area (Å²) in [7, 11) is 3.55. The van der Waals surface area contributed by atoms with E-state index in [9.17, 15) is 9.59 Å². The molecule has 0 aliphatic carbocycles. The van der Waals surface area contributed by atoms with E-state index in [0.29, 0.717) is 35.5 Å². The van der Waals surface area contributed by atoms with Gasteiger partial charge in [-0.15, -0.1) is 0 Å². The highest BCUT2D eigenvalue weighted by Crippen LogP contribution is 2.39. The molecule has 0 bridgehead atoms. The zero-order valence-corrected chi connectivity index (χ0v) is 18.9. The smallest absolute Gasteiger partial charge is 0.258 e. The van der Waals surface area contributed by atoms with Crippen molar-refractivity contribution in [2.24, 2.45) is 7.05 Å². The lowest BCUT2D eigenvalue weighted by Gasteiger charge is -2.29. The van der Waals surface area contributed by atoms with Crippen molar-refractivity contribution in [2.45, 2.75) is 6.54 Å². The lowest BCUT2D eigenvalue weighted by Crippen LogP contribution is -2.37. The van der Waals surface area contributed by atoms with E-state index < -0.39 is 0 Å². The van der Waals surface area contributed by atoms with Gasteiger partial charge in [-0.3, -0.25) is 9.59 Å². The van der Waals surface area contributed by atoms with Crippen LogP contribution in [0.3, 0.4) is 0 Å². The molecule has 0 unspecified atom stereocenters. The van der Waals surface area contributed by atoms with Crippen LogP contribution in [0.2, 0.25) is 0 Å². The molecule has 3 aromatic carbocycles. The molecule has 1 aliphatic heterocycles. The van der Waals surface area contributed by atoms with Gasteiger partial charge >= 0.3 is 0 Å². The van der Waals surface area contributed by atoms with Gasteiger partial charge < -0.3 is 18.8 Å². The molecular formula is C27H22N4O3. The molecule has 0 saturated carbocycles. The van der Waals surface area contributed by atoms with Crippen LogP contribution in [0.25, 0.3) is 33.5 Å². The number of fused-ring (bicyclic) bond motifs is 1. The molecule has 1 amide bonds. The minimum Gasteiger partial charge on any atom is -0.494 e. The summed E-state index contributed by atoms with van der Waals surface area (Å²) in [6.07, 6.45) is 0.802. The Morgan fingerprint density at radius 1 is 1.00 bits per heavy atom. The van der Waals surface area contributed by atoms with E-state index in [-0.39, 0.29) is 5.91 Å². The molecule has 168 valence electrons. The van der Waals surface area contributed by atoms with E-state index in [1.54, 1.807) is 19.2 Å². The topological polar surface area (TPSA) is 69.4 Å². The third-order valence-corrected chi connectivity index (χ3v) is 6.54. The van der Waals surface area contributed by atoms with Crippen molar-refractivity contribution in [3.63, 3.8) is 0 Å². The zero-order valence-electron chi connectivity index (χ0n) is 18.9. The number of hydrogen-bond acceptors (Lipinski definition) is 4. The number of aromatic nitrogens is 3. The summed E-state index contributed by atoms with van der Waals surface area (Å²) >= 11 is 0. The third kappa shape index (κ3) is 2.86. The van der Waals surface area contributed by atoms with Crippen LogP contribution >= 0.6 is 0 Å². The number of rotatable bonds is 4. The molecule has 0 spiro atoms. The van der Waals surface area contributed by atoms with E-state index in [4.69, 9.17) is 9.72 Å². The van der Waals surface area contributed by atoms with Gasteiger partial charge in [0.05, 0.1) is 29.5 Å². The van der Waals surface area contributed by atoms with Gasteiger partial charge in [-0.1, -0.05) is 30.3 Å². The standard InChI is InChI=1S/C27H22N4O3/c1-29-25-20(13-17(16-32)14-23(25)34-2)28-26(29)22-15-19-9-6-10-21-24(19)30(22)11-12-31(21)27(33)18-7-4-3-5-8-18/h3-10,13-16H,11-12H2,1-2H3. The van der Waals surface area contributed by atoms with E-state index in [0.717, 1.165) is 39.9 Å². The molecular weight excluding hydrogens is 428 g/mol. The Balaban J connectivity index is 1.54. The predicted octanol–water partition coefficient (Wildman–Crippen LogP) is 4.68. The Bertz CT molecular complexity index is 1600. The van der Waals surface area contributed by atoms with Crippen LogP contribution in [-0.2, 0) is 13.6 Å². The average molecular weight is 450 g/mol. The van der Waals surface area contributed by atoms with Crippen molar-refractivity contribution in [3.05, 3.63) is 77.9 Å². The number of benzene rings is 3. The van der Waals surface area contributed by atoms with Gasteiger partial charge in [0, 0.05) is 36.7 Å². The fraction of sp³-hybridized carbons (Fsp3) is 0.148. The van der Waals surface area contributed by atoms with Gasteiger partial charge in [0.15, 0.2) is 5.82 Å². The second-order valence-electron chi connectivity index (χ2n) is 8.42. The Hall–Kier alpha value is -4.39. The van der Waals surface area contributed by atoms with E-state index in [1.165, 1.54) is 0 Å². The lowest BCUT2D eigenvalue weighted by molar-refractivity contribution is 0.0985. The second-order valence-corrected chi connectivity index (χ2v) is 8.42. The van der Waals surface area contributed by atoms with Crippen molar-refractivity contribution in [1.29, 1.82) is 0 Å². The van der Waals surface area contributed by atoms with Crippen molar-refractivity contribution in [2.75, 3.05) is 18.6 Å². The Kier molecular flexibility index (Phi) is 4.52. The summed E-state index contributed by atoms with van der Waals surface area (Å²) in [6, 6.07) is 21.0. The number of aryl methyl sites for hydroxylation is 1. The molecule has 5 aromatic rings. The summed E-state index contributed by atoms with van der Waals surface area (Å²) < 4.78 is 9.79. The minimum atomic E-state index is -0.00374. The number of methoxy groups -OCH3 is 1. The number of nitrogens with zero attached hydrogens (tertiary/aromatic N) is 4. The van der Waals surface area contributed by atoms with Crippen molar-refractivity contribution >= 4 is 39.8 Å². The summed E-state index contributed by atoms with van der Waals surface area (Å²) in [6.45, 7) is 1.21. The Morgan fingerprint density at radius 2 is 1.82 bits per heavy atom. The van der Waals surface area contributed by atoms with Gasteiger partial charge in [-0.05, 0) is 36.4 Å². The average Bonchev–Trinajstić information content (AvgIpc) is 3.42. The van der Waals surface area contributed by atoms with Crippen LogP contribution < -0.4 is 9.64 Å². The van der Waals surface area contributed by atoms with E-state index in [2.05, 4.69) is 16.7 Å². The summed E-state index contributed by atoms with van der Waals surface area (Å²) in [5.41, 5.74) is 5.60. The van der Waals surface area contributed by atoms with Crippen molar-refractivity contribution in [1.82, 2.24) is 14.1 Å². The first kappa shape index (κ1) is 20.2. The van der Waals surface area contributed by atoms with Crippen LogP contribution in [0.15, 0.2) is 66.7 Å². The maximum atomic E-state index is 13.3. The number of amides is 1. The fourth-order valence-electron chi connectivity index (χ4n) is 4.99. The van der Waals surface area contributed by atoms with Crippen LogP contribution in [0.5, 0.6) is 5.75 Å². The number of carbonyl (C=O) groups is 2. The van der Waals surface area contributed by atoms with Crippen LogP contribution in [0.1, 0.15) is 20.7 Å². The minimum absolute atomic E-state index is 0.00374. The third-order valence-electron chi connectivity index (χ3n) is 6.54. The normalized spacial score (nSPS) is 12.9. The molecule has 0 fully saturated rings. The summed E-state index contributed by atoms with van der Waals surface area (Å²) in [4.78, 5) is 31.4. The van der Waals surface area contributed by atoms with Crippen molar-refractivity contribution in [3.8, 4) is 17.3 Å². The van der Waals surface area contributed by atoms with E-state index in [1.807, 2.05) is 59.0 Å². The molecule has 0 radical (unpaired) electrons. The second kappa shape index (κ2) is 7.59. The maximum Gasteiger partial charge on any atom is 0.258 e. The van der Waals surface area contributed by atoms with Gasteiger partial charge in [0.25, 0.3) is 5.91 Å². The summed E-state index contributed by atoms with van der Waals surface area (Å²) in [5, 5.41) is 1.05. The Labute approximate surface area is 195 Å². The predicted molar refractivity (Wildman–Crippen MR) is 132 cm³/mol. The SMILES string of the molecule is COc1cc(C=O)cc2nc(-c3cc4cccc5c4n3CCN5C(=O)c3ccccc3)n(C)c12. The van der Waals surface area contributed by atoms with Crippen LogP contribution in [-0.4, -0.2) is 40.0 Å². The van der Waals surface area contributed by atoms with Crippen LogP contribution in [0.4, 0.5) is 5.69 Å². The first-order valence-corrected chi connectivity index (χ1v) is 11.1. The number of hydrogen-bond donors (Lipinski definition) is 0. The van der Waals surface area contributed by atoms with Gasteiger partial charge in [-0.2, -0.15) is 0 Å². The lowest BCUT2D eigenvalue weighted by atomic mass is 10.1. The highest BCUT2D eigenvalue weighted by atomic mass is 16.5. The first-order valence-electron chi connectivity index (χ1n) is 11.1. The fourth-order valence-corrected chi connectivity index (χ4v) is 4.99. The molecule has 7 heteroatoms. The van der Waals surface area contributed by atoms with E-state index >= 15 is 0 Å². The summed E-state index contributed by atoms with van der Waals surface area (Å²) in [5.74, 6) is 1.38. The zero-order chi connectivity index (χ0) is 23.4. The Morgan fingerprint density at radius 3 is 2.59 bits per heavy atom. The monoisotopic (exact) mass is 450 g/mol. The number of carbonyl (C=O) groups excluding carboxylic acids is 2. The number of para-hydroxylation sites is 1. The number of anilines is 1. The first-order chi connectivity index (χ1) is 16.6. The maximum absolute atomic E-state index is 13.3. The molecule has 1 aliphatic rings. The number of aldehydes is 1. The van der Waals surface area contributed by atoms with Gasteiger partial charge in [-0.25, -0.2) is 4.98 Å². The highest BCUT2D eigenvalue weighted by Gasteiger charge is 2.28.